The summed E-state index contributed by atoms with van der Waals surface area (Å²) in [4.78, 5) is 12.4. The predicted molar refractivity (Wildman–Crippen MR) is 191 cm³/mol. The molecule has 0 radical (unpaired) electrons. The van der Waals surface area contributed by atoms with Crippen LogP contribution >= 0.6 is 0 Å². The molecule has 3 heterocycles. The summed E-state index contributed by atoms with van der Waals surface area (Å²) in [6, 6.07) is 0. The lowest BCUT2D eigenvalue weighted by atomic mass is 9.30. The van der Waals surface area contributed by atoms with Crippen molar-refractivity contribution >= 4 is 6.29 Å². The molecule has 13 heteroatoms. The van der Waals surface area contributed by atoms with Crippen LogP contribution in [0.2, 0.25) is 0 Å². The fourth-order valence-electron chi connectivity index (χ4n) is 14.7. The highest BCUT2D eigenvalue weighted by Gasteiger charge is 2.80. The SMILES string of the molecule is CC1(C)[C@@H](O[C@@H]2OC[C@H](O[C@@H]3O[C@H](CO)[C@@H](O)[C@H](O)[C@H]3O)[C@H](O)[C@H]2O)CC[C@]2(C)[C@H]3CC[C@]45OC[C@@]6(CC[C@](C)(C=O)CC64)[C@H](O)C[C@@]5(C)[C@]3(C)CC[C@@H]12. The van der Waals surface area contributed by atoms with Gasteiger partial charge in [0.1, 0.15) is 49.0 Å². The van der Waals surface area contributed by atoms with Gasteiger partial charge in [-0.3, -0.25) is 0 Å². The lowest BCUT2D eigenvalue weighted by Gasteiger charge is -2.75. The summed E-state index contributed by atoms with van der Waals surface area (Å²) in [5, 5.41) is 74.7. The predicted octanol–water partition coefficient (Wildman–Crippen LogP) is 1.82. The molecule has 0 aromatic rings. The van der Waals surface area contributed by atoms with Crippen molar-refractivity contribution in [3.63, 3.8) is 0 Å². The van der Waals surface area contributed by atoms with E-state index in [0.717, 1.165) is 70.5 Å². The van der Waals surface area contributed by atoms with Gasteiger partial charge in [0.15, 0.2) is 12.6 Å². The van der Waals surface area contributed by atoms with Crippen LogP contribution in [0.25, 0.3) is 0 Å². The minimum absolute atomic E-state index is 0.0150. The highest BCUT2D eigenvalue weighted by Crippen LogP contribution is 2.80. The number of ether oxygens (including phenoxy) is 5. The minimum Gasteiger partial charge on any atom is -0.394 e. The molecule has 3 aliphatic heterocycles. The van der Waals surface area contributed by atoms with E-state index < -0.39 is 68.0 Å². The quantitative estimate of drug-likeness (QED) is 0.153. The number of carbonyl (C=O) groups excluding carboxylic acids is 1. The maximum Gasteiger partial charge on any atom is 0.187 e. The molecule has 5 aliphatic carbocycles. The van der Waals surface area contributed by atoms with Crippen molar-refractivity contribution in [1.82, 2.24) is 0 Å². The van der Waals surface area contributed by atoms with Crippen LogP contribution in [0.4, 0.5) is 0 Å². The molecular formula is C41H66O13. The molecule has 8 rings (SSSR count). The standard InChI is InChI=1S/C41H66O13/c1-35(2)23-7-11-38(5)24(8-12-41-25-15-36(3,19-43)13-14-40(25,20-51-41)26(44)16-39(38,41)6)37(23,4)10-9-27(35)54-33-31(48)29(46)22(18-50-33)53-34-32(49)30(47)28(45)21(17-42)52-34/h19,21-34,42,44-49H,7-18,20H2,1-6H3/t21-,22+,23+,24-,25?,26-,27+,28-,29+,30+,31-,32-,33+,34+,36+,37+,38-,39+,40-,41+/m1/s1. The van der Waals surface area contributed by atoms with Crippen LogP contribution in [0.5, 0.6) is 0 Å². The van der Waals surface area contributed by atoms with Gasteiger partial charge in [-0.15, -0.1) is 0 Å². The Balaban J connectivity index is 0.976. The summed E-state index contributed by atoms with van der Waals surface area (Å²) in [7, 11) is 0. The van der Waals surface area contributed by atoms with Crippen LogP contribution in [0.15, 0.2) is 0 Å². The Morgan fingerprint density at radius 1 is 0.722 bits per heavy atom. The largest absolute Gasteiger partial charge is 0.394 e. The van der Waals surface area contributed by atoms with E-state index in [4.69, 9.17) is 23.7 Å². The average molecular weight is 767 g/mol. The number of fused-ring (bicyclic) bond motifs is 4. The molecule has 8 aliphatic rings. The van der Waals surface area contributed by atoms with Crippen molar-refractivity contribution in [1.29, 1.82) is 0 Å². The molecule has 308 valence electrons. The Morgan fingerprint density at radius 2 is 1.43 bits per heavy atom. The second kappa shape index (κ2) is 13.1. The lowest BCUT2D eigenvalue weighted by Crippen LogP contribution is -2.74. The number of carbonyl (C=O) groups is 1. The normalized spacial score (nSPS) is 59.4. The van der Waals surface area contributed by atoms with Crippen LogP contribution < -0.4 is 0 Å². The molecule has 8 fully saturated rings. The lowest BCUT2D eigenvalue weighted by molar-refractivity contribution is -0.353. The highest BCUT2D eigenvalue weighted by atomic mass is 16.7. The first-order valence-electron chi connectivity index (χ1n) is 20.7. The van der Waals surface area contributed by atoms with Gasteiger partial charge in [0.05, 0.1) is 37.6 Å². The minimum atomic E-state index is -1.65. The molecular weight excluding hydrogens is 700 g/mol. The van der Waals surface area contributed by atoms with Gasteiger partial charge >= 0.3 is 0 Å². The summed E-state index contributed by atoms with van der Waals surface area (Å²) in [5.74, 6) is 0.854. The van der Waals surface area contributed by atoms with E-state index in [9.17, 15) is 40.5 Å². The summed E-state index contributed by atoms with van der Waals surface area (Å²) in [6.45, 7) is 13.8. The van der Waals surface area contributed by atoms with Crippen LogP contribution in [0.3, 0.4) is 0 Å². The fraction of sp³-hybridized carbons (Fsp3) is 0.976. The van der Waals surface area contributed by atoms with Gasteiger partial charge < -0.3 is 64.2 Å². The number of aliphatic hydroxyl groups is 7. The Hall–Kier alpha value is -0.810. The molecule has 13 nitrogen and oxygen atoms in total. The topological polar surface area (TPSA) is 205 Å². The third-order valence-electron chi connectivity index (χ3n) is 18.1. The van der Waals surface area contributed by atoms with Crippen molar-refractivity contribution in [2.45, 2.75) is 179 Å². The van der Waals surface area contributed by atoms with E-state index in [1.807, 2.05) is 0 Å². The van der Waals surface area contributed by atoms with Crippen molar-refractivity contribution in [3.05, 3.63) is 0 Å². The van der Waals surface area contributed by atoms with Crippen LogP contribution in [0, 0.1) is 50.2 Å². The third kappa shape index (κ3) is 5.22. The number of aldehydes is 1. The van der Waals surface area contributed by atoms with Gasteiger partial charge in [0.25, 0.3) is 0 Å². The maximum atomic E-state index is 12.4. The number of hydrogen-bond acceptors (Lipinski definition) is 13. The average Bonchev–Trinajstić information content (AvgIpc) is 3.41. The summed E-state index contributed by atoms with van der Waals surface area (Å²) in [6.07, 6.45) is -3.50. The van der Waals surface area contributed by atoms with E-state index in [-0.39, 0.29) is 56.7 Å². The second-order valence-electron chi connectivity index (χ2n) is 20.6. The van der Waals surface area contributed by atoms with Gasteiger partial charge in [0.2, 0.25) is 0 Å². The van der Waals surface area contributed by atoms with Crippen molar-refractivity contribution in [2.75, 3.05) is 19.8 Å². The monoisotopic (exact) mass is 766 g/mol. The van der Waals surface area contributed by atoms with E-state index in [0.29, 0.717) is 18.4 Å². The molecule has 0 aromatic heterocycles. The van der Waals surface area contributed by atoms with Crippen molar-refractivity contribution in [2.24, 2.45) is 50.2 Å². The van der Waals surface area contributed by atoms with Gasteiger partial charge in [-0.1, -0.05) is 41.5 Å². The zero-order chi connectivity index (χ0) is 39.0. The van der Waals surface area contributed by atoms with Gasteiger partial charge in [-0.25, -0.2) is 0 Å². The first-order chi connectivity index (χ1) is 25.3. The van der Waals surface area contributed by atoms with E-state index in [1.165, 1.54) is 0 Å². The third-order valence-corrected chi connectivity index (χ3v) is 18.1. The van der Waals surface area contributed by atoms with Crippen LogP contribution in [-0.2, 0) is 28.5 Å². The molecule has 1 spiro atoms. The van der Waals surface area contributed by atoms with Gasteiger partial charge in [-0.2, -0.15) is 0 Å². The molecule has 3 saturated heterocycles. The van der Waals surface area contributed by atoms with E-state index in [2.05, 4.69) is 41.5 Å². The van der Waals surface area contributed by atoms with Crippen LogP contribution in [-0.4, -0.2) is 135 Å². The summed E-state index contributed by atoms with van der Waals surface area (Å²) < 4.78 is 30.9. The Morgan fingerprint density at radius 3 is 2.13 bits per heavy atom. The van der Waals surface area contributed by atoms with Crippen LogP contribution in [0.1, 0.15) is 106 Å². The molecule has 0 amide bonds. The Kier molecular flexibility index (Phi) is 9.70. The first kappa shape index (κ1) is 40.0. The molecule has 54 heavy (non-hydrogen) atoms. The second-order valence-corrected chi connectivity index (χ2v) is 20.6. The highest BCUT2D eigenvalue weighted by molar-refractivity contribution is 5.59. The Bertz CT molecular complexity index is 1440. The summed E-state index contributed by atoms with van der Waals surface area (Å²) in [5.41, 5.74) is -1.68. The molecule has 2 bridgehead atoms. The van der Waals surface area contributed by atoms with E-state index in [1.54, 1.807) is 0 Å². The first-order valence-corrected chi connectivity index (χ1v) is 20.7. The van der Waals surface area contributed by atoms with Gasteiger partial charge in [-0.05, 0) is 98.2 Å². The molecule has 20 atom stereocenters. The number of hydrogen-bond donors (Lipinski definition) is 7. The summed E-state index contributed by atoms with van der Waals surface area (Å²) >= 11 is 0. The number of rotatable bonds is 6. The number of aliphatic hydroxyl groups excluding tert-OH is 7. The van der Waals surface area contributed by atoms with Crippen molar-refractivity contribution in [3.8, 4) is 0 Å². The zero-order valence-electron chi connectivity index (χ0n) is 32.9. The zero-order valence-corrected chi connectivity index (χ0v) is 32.9. The Labute approximate surface area is 319 Å². The fourth-order valence-corrected chi connectivity index (χ4v) is 14.7. The van der Waals surface area contributed by atoms with Gasteiger partial charge in [0, 0.05) is 16.2 Å². The van der Waals surface area contributed by atoms with Crippen molar-refractivity contribution < 1.29 is 64.2 Å². The molecule has 0 aromatic carbocycles. The van der Waals surface area contributed by atoms with E-state index >= 15 is 0 Å². The molecule has 7 N–H and O–H groups in total. The molecule has 5 saturated carbocycles. The molecule has 1 unspecified atom stereocenters. The smallest absolute Gasteiger partial charge is 0.187 e. The maximum absolute atomic E-state index is 12.4.